The van der Waals surface area contributed by atoms with Crippen LogP contribution in [0.25, 0.3) is 0 Å². The van der Waals surface area contributed by atoms with E-state index in [1.54, 1.807) is 7.11 Å². The van der Waals surface area contributed by atoms with E-state index in [0.29, 0.717) is 19.5 Å². The average molecular weight is 396 g/mol. The molecule has 0 spiro atoms. The van der Waals surface area contributed by atoms with Crippen molar-refractivity contribution in [1.82, 2.24) is 10.2 Å². The van der Waals surface area contributed by atoms with Crippen molar-refractivity contribution < 1.29 is 14.3 Å². The van der Waals surface area contributed by atoms with Crippen LogP contribution in [0.1, 0.15) is 36.4 Å². The maximum Gasteiger partial charge on any atom is 0.227 e. The minimum absolute atomic E-state index is 0.0415. The van der Waals surface area contributed by atoms with Gasteiger partial charge in [0.15, 0.2) is 0 Å². The standard InChI is InChI=1S/C23H29N3O3/c1-29-21-10-6-5-9-18(21)15-23(28)26-13-11-19(12-14-26)25-22(27)16-20(24)17-7-3-2-4-8-17/h2-10,19-20H,11-16,24H2,1H3,(H,25,27). The summed E-state index contributed by atoms with van der Waals surface area (Å²) in [5.74, 6) is 0.781. The first-order valence-corrected chi connectivity index (χ1v) is 10.1. The van der Waals surface area contributed by atoms with Crippen LogP contribution in [-0.4, -0.2) is 43.0 Å². The quantitative estimate of drug-likeness (QED) is 0.754. The van der Waals surface area contributed by atoms with Crippen LogP contribution >= 0.6 is 0 Å². The number of ether oxygens (including phenoxy) is 1. The molecule has 1 atom stereocenters. The highest BCUT2D eigenvalue weighted by atomic mass is 16.5. The van der Waals surface area contributed by atoms with Crippen molar-refractivity contribution in [3.8, 4) is 5.75 Å². The van der Waals surface area contributed by atoms with Gasteiger partial charge in [0, 0.05) is 37.2 Å². The van der Waals surface area contributed by atoms with Crippen LogP contribution in [0, 0.1) is 0 Å². The molecule has 6 heteroatoms. The molecule has 2 amide bonds. The third kappa shape index (κ3) is 5.81. The predicted octanol–water partition coefficient (Wildman–Crippen LogP) is 2.43. The molecule has 0 bridgehead atoms. The molecule has 2 aromatic carbocycles. The predicted molar refractivity (Wildman–Crippen MR) is 112 cm³/mol. The Morgan fingerprint density at radius 2 is 1.76 bits per heavy atom. The third-order valence-electron chi connectivity index (χ3n) is 5.38. The van der Waals surface area contributed by atoms with Gasteiger partial charge in [-0.25, -0.2) is 0 Å². The Labute approximate surface area is 172 Å². The average Bonchev–Trinajstić information content (AvgIpc) is 2.75. The Balaban J connectivity index is 1.44. The van der Waals surface area contributed by atoms with Crippen molar-refractivity contribution in [3.05, 3.63) is 65.7 Å². The van der Waals surface area contributed by atoms with Crippen LogP contribution in [0.5, 0.6) is 5.75 Å². The SMILES string of the molecule is COc1ccccc1CC(=O)N1CCC(NC(=O)CC(N)c2ccccc2)CC1. The van der Waals surface area contributed by atoms with Crippen molar-refractivity contribution in [1.29, 1.82) is 0 Å². The van der Waals surface area contributed by atoms with Gasteiger partial charge >= 0.3 is 0 Å². The minimum Gasteiger partial charge on any atom is -0.496 e. The fraction of sp³-hybridized carbons (Fsp3) is 0.391. The second-order valence-corrected chi connectivity index (χ2v) is 7.43. The number of benzene rings is 2. The Bertz CT molecular complexity index is 817. The summed E-state index contributed by atoms with van der Waals surface area (Å²) in [6.45, 7) is 1.29. The van der Waals surface area contributed by atoms with E-state index >= 15 is 0 Å². The van der Waals surface area contributed by atoms with Gasteiger partial charge in [0.1, 0.15) is 5.75 Å². The smallest absolute Gasteiger partial charge is 0.227 e. The Morgan fingerprint density at radius 1 is 1.10 bits per heavy atom. The molecule has 1 aliphatic heterocycles. The van der Waals surface area contributed by atoms with Gasteiger partial charge in [-0.2, -0.15) is 0 Å². The van der Waals surface area contributed by atoms with Crippen LogP contribution in [0.3, 0.4) is 0 Å². The molecule has 3 N–H and O–H groups in total. The van der Waals surface area contributed by atoms with Crippen molar-refractivity contribution in [2.24, 2.45) is 5.73 Å². The minimum atomic E-state index is -0.307. The van der Waals surface area contributed by atoms with Crippen LogP contribution in [0.4, 0.5) is 0 Å². The zero-order valence-corrected chi connectivity index (χ0v) is 16.8. The molecule has 1 aliphatic rings. The maximum absolute atomic E-state index is 12.6. The number of likely N-dealkylation sites (tertiary alicyclic amines) is 1. The van der Waals surface area contributed by atoms with Crippen LogP contribution < -0.4 is 15.8 Å². The number of nitrogens with zero attached hydrogens (tertiary/aromatic N) is 1. The number of rotatable bonds is 7. The lowest BCUT2D eigenvalue weighted by Gasteiger charge is -2.32. The number of piperidine rings is 1. The lowest BCUT2D eigenvalue weighted by Crippen LogP contribution is -2.47. The molecule has 0 saturated carbocycles. The first kappa shape index (κ1) is 20.9. The molecule has 1 fully saturated rings. The summed E-state index contributed by atoms with van der Waals surface area (Å²) < 4.78 is 5.33. The number of amides is 2. The lowest BCUT2D eigenvalue weighted by molar-refractivity contribution is -0.131. The number of nitrogens with two attached hydrogens (primary N) is 1. The molecular weight excluding hydrogens is 366 g/mol. The Kier molecular flexibility index (Phi) is 7.25. The van der Waals surface area contributed by atoms with E-state index in [0.717, 1.165) is 29.7 Å². The second-order valence-electron chi connectivity index (χ2n) is 7.43. The van der Waals surface area contributed by atoms with E-state index in [1.807, 2.05) is 59.5 Å². The van der Waals surface area contributed by atoms with Gasteiger partial charge in [-0.15, -0.1) is 0 Å². The Morgan fingerprint density at radius 3 is 2.45 bits per heavy atom. The summed E-state index contributed by atoms with van der Waals surface area (Å²) in [4.78, 5) is 26.8. The van der Waals surface area contributed by atoms with Gasteiger partial charge in [0.25, 0.3) is 0 Å². The van der Waals surface area contributed by atoms with Crippen molar-refractivity contribution in [2.75, 3.05) is 20.2 Å². The lowest BCUT2D eigenvalue weighted by atomic mass is 10.0. The van der Waals surface area contributed by atoms with E-state index < -0.39 is 0 Å². The van der Waals surface area contributed by atoms with Crippen molar-refractivity contribution >= 4 is 11.8 Å². The van der Waals surface area contributed by atoms with Gasteiger partial charge < -0.3 is 20.7 Å². The van der Waals surface area contributed by atoms with Crippen molar-refractivity contribution in [2.45, 2.75) is 37.8 Å². The summed E-state index contributed by atoms with van der Waals surface area (Å²) in [6, 6.07) is 17.0. The molecule has 0 aliphatic carbocycles. The molecule has 0 radical (unpaired) electrons. The molecular formula is C23H29N3O3. The number of carbonyl (C=O) groups excluding carboxylic acids is 2. The molecule has 1 heterocycles. The number of hydrogen-bond acceptors (Lipinski definition) is 4. The zero-order valence-electron chi connectivity index (χ0n) is 16.8. The number of nitrogens with one attached hydrogen (secondary N) is 1. The zero-order chi connectivity index (χ0) is 20.6. The molecule has 0 aromatic heterocycles. The van der Waals surface area contributed by atoms with Gasteiger partial charge in [-0.05, 0) is 24.5 Å². The van der Waals surface area contributed by atoms with Crippen LogP contribution in [0.2, 0.25) is 0 Å². The number of methoxy groups -OCH3 is 1. The highest BCUT2D eigenvalue weighted by Gasteiger charge is 2.25. The third-order valence-corrected chi connectivity index (χ3v) is 5.38. The monoisotopic (exact) mass is 395 g/mol. The van der Waals surface area contributed by atoms with E-state index in [9.17, 15) is 9.59 Å². The van der Waals surface area contributed by atoms with E-state index in [2.05, 4.69) is 5.32 Å². The molecule has 6 nitrogen and oxygen atoms in total. The number of carbonyl (C=O) groups is 2. The van der Waals surface area contributed by atoms with Gasteiger partial charge in [-0.3, -0.25) is 9.59 Å². The summed E-state index contributed by atoms with van der Waals surface area (Å²) in [6.07, 6.45) is 2.10. The topological polar surface area (TPSA) is 84.7 Å². The normalized spacial score (nSPS) is 15.6. The molecule has 1 unspecified atom stereocenters. The number of hydrogen-bond donors (Lipinski definition) is 2. The van der Waals surface area contributed by atoms with Crippen LogP contribution in [0.15, 0.2) is 54.6 Å². The first-order chi connectivity index (χ1) is 14.1. The van der Waals surface area contributed by atoms with Crippen LogP contribution in [-0.2, 0) is 16.0 Å². The van der Waals surface area contributed by atoms with Crippen molar-refractivity contribution in [3.63, 3.8) is 0 Å². The van der Waals surface area contributed by atoms with Gasteiger partial charge in [-0.1, -0.05) is 48.5 Å². The Hall–Kier alpha value is -2.86. The highest BCUT2D eigenvalue weighted by molar-refractivity contribution is 5.80. The fourth-order valence-electron chi connectivity index (χ4n) is 3.70. The van der Waals surface area contributed by atoms with Gasteiger partial charge in [0.2, 0.25) is 11.8 Å². The highest BCUT2D eigenvalue weighted by Crippen LogP contribution is 2.20. The molecule has 3 rings (SSSR count). The summed E-state index contributed by atoms with van der Waals surface area (Å²) in [5.41, 5.74) is 7.99. The second kappa shape index (κ2) is 10.1. The summed E-state index contributed by atoms with van der Waals surface area (Å²) >= 11 is 0. The van der Waals surface area contributed by atoms with E-state index in [1.165, 1.54) is 0 Å². The number of para-hydroxylation sites is 1. The molecule has 2 aromatic rings. The first-order valence-electron chi connectivity index (χ1n) is 10.1. The fourth-order valence-corrected chi connectivity index (χ4v) is 3.70. The largest absolute Gasteiger partial charge is 0.496 e. The summed E-state index contributed by atoms with van der Waals surface area (Å²) in [5, 5.41) is 3.07. The molecule has 1 saturated heterocycles. The summed E-state index contributed by atoms with van der Waals surface area (Å²) in [7, 11) is 1.61. The van der Waals surface area contributed by atoms with E-state index in [-0.39, 0.29) is 30.3 Å². The van der Waals surface area contributed by atoms with E-state index in [4.69, 9.17) is 10.5 Å². The molecule has 29 heavy (non-hydrogen) atoms. The van der Waals surface area contributed by atoms with Gasteiger partial charge in [0.05, 0.1) is 13.5 Å². The molecule has 154 valence electrons. The maximum atomic E-state index is 12.6.